The zero-order valence-corrected chi connectivity index (χ0v) is 11.3. The summed E-state index contributed by atoms with van der Waals surface area (Å²) in [5.41, 5.74) is 5.86. The standard InChI is InChI=1S/C16H19NO2/c1-3-11(2)15(17)16(18)19-14-9-8-12-6-4-5-7-13(12)10-14/h4-11,15H,3,17H2,1-2H3. The van der Waals surface area contributed by atoms with E-state index in [0.717, 1.165) is 17.2 Å². The third-order valence-corrected chi connectivity index (χ3v) is 3.47. The molecule has 0 bridgehead atoms. The molecule has 0 heterocycles. The highest BCUT2D eigenvalue weighted by molar-refractivity contribution is 5.85. The van der Waals surface area contributed by atoms with Crippen molar-refractivity contribution in [3.63, 3.8) is 0 Å². The minimum atomic E-state index is -0.573. The number of hydrogen-bond donors (Lipinski definition) is 1. The van der Waals surface area contributed by atoms with E-state index < -0.39 is 6.04 Å². The maximum absolute atomic E-state index is 11.9. The van der Waals surface area contributed by atoms with Crippen LogP contribution in [0.1, 0.15) is 20.3 Å². The van der Waals surface area contributed by atoms with Crippen LogP contribution in [0.25, 0.3) is 10.8 Å². The van der Waals surface area contributed by atoms with Gasteiger partial charge in [-0.1, -0.05) is 50.6 Å². The number of benzene rings is 2. The van der Waals surface area contributed by atoms with Gasteiger partial charge in [-0.25, -0.2) is 4.79 Å². The van der Waals surface area contributed by atoms with E-state index in [1.165, 1.54) is 0 Å². The summed E-state index contributed by atoms with van der Waals surface area (Å²) in [4.78, 5) is 11.9. The normalized spacial score (nSPS) is 14.1. The zero-order chi connectivity index (χ0) is 13.8. The van der Waals surface area contributed by atoms with Crippen LogP contribution >= 0.6 is 0 Å². The first-order valence-corrected chi connectivity index (χ1v) is 6.58. The average molecular weight is 257 g/mol. The van der Waals surface area contributed by atoms with Crippen molar-refractivity contribution >= 4 is 16.7 Å². The molecule has 3 nitrogen and oxygen atoms in total. The highest BCUT2D eigenvalue weighted by Crippen LogP contribution is 2.21. The number of carbonyl (C=O) groups is 1. The van der Waals surface area contributed by atoms with Crippen LogP contribution in [0.4, 0.5) is 0 Å². The lowest BCUT2D eigenvalue weighted by Gasteiger charge is -2.16. The molecule has 0 fully saturated rings. The molecule has 0 saturated carbocycles. The maximum atomic E-state index is 11.9. The Hall–Kier alpha value is -1.87. The SMILES string of the molecule is CCC(C)C(N)C(=O)Oc1ccc2ccccc2c1. The number of fused-ring (bicyclic) bond motifs is 1. The van der Waals surface area contributed by atoms with E-state index in [1.54, 1.807) is 6.07 Å². The fourth-order valence-electron chi connectivity index (χ4n) is 1.90. The summed E-state index contributed by atoms with van der Waals surface area (Å²) in [6.07, 6.45) is 0.855. The van der Waals surface area contributed by atoms with Gasteiger partial charge in [0, 0.05) is 0 Å². The van der Waals surface area contributed by atoms with Crippen molar-refractivity contribution < 1.29 is 9.53 Å². The topological polar surface area (TPSA) is 52.3 Å². The molecular weight excluding hydrogens is 238 g/mol. The van der Waals surface area contributed by atoms with E-state index in [9.17, 15) is 4.79 Å². The van der Waals surface area contributed by atoms with Gasteiger partial charge in [-0.2, -0.15) is 0 Å². The second-order valence-electron chi connectivity index (χ2n) is 4.84. The summed E-state index contributed by atoms with van der Waals surface area (Å²) in [6.45, 7) is 3.96. The van der Waals surface area contributed by atoms with Gasteiger partial charge in [-0.05, 0) is 28.8 Å². The van der Waals surface area contributed by atoms with Crippen LogP contribution in [0.3, 0.4) is 0 Å². The van der Waals surface area contributed by atoms with Gasteiger partial charge in [-0.3, -0.25) is 0 Å². The Morgan fingerprint density at radius 2 is 1.89 bits per heavy atom. The number of hydrogen-bond acceptors (Lipinski definition) is 3. The maximum Gasteiger partial charge on any atom is 0.328 e. The predicted octanol–water partition coefficient (Wildman–Crippen LogP) is 3.12. The van der Waals surface area contributed by atoms with Crippen molar-refractivity contribution in [3.05, 3.63) is 42.5 Å². The Morgan fingerprint density at radius 3 is 2.58 bits per heavy atom. The van der Waals surface area contributed by atoms with Crippen LogP contribution in [-0.4, -0.2) is 12.0 Å². The highest BCUT2D eigenvalue weighted by atomic mass is 16.5. The summed E-state index contributed by atoms with van der Waals surface area (Å²) in [6, 6.07) is 13.0. The molecule has 3 heteroatoms. The summed E-state index contributed by atoms with van der Waals surface area (Å²) >= 11 is 0. The Labute approximate surface area is 113 Å². The molecule has 0 amide bonds. The second kappa shape index (κ2) is 5.85. The van der Waals surface area contributed by atoms with Gasteiger partial charge in [0.1, 0.15) is 11.8 Å². The third kappa shape index (κ3) is 3.12. The van der Waals surface area contributed by atoms with Gasteiger partial charge >= 0.3 is 5.97 Å². The first-order chi connectivity index (χ1) is 9.11. The minimum Gasteiger partial charge on any atom is -0.425 e. The summed E-state index contributed by atoms with van der Waals surface area (Å²) in [5.74, 6) is 0.292. The van der Waals surface area contributed by atoms with Crippen molar-refractivity contribution in [1.82, 2.24) is 0 Å². The van der Waals surface area contributed by atoms with Gasteiger partial charge in [0.2, 0.25) is 0 Å². The molecule has 2 aromatic carbocycles. The van der Waals surface area contributed by atoms with Crippen molar-refractivity contribution in [2.45, 2.75) is 26.3 Å². The van der Waals surface area contributed by atoms with Crippen LogP contribution in [0.5, 0.6) is 5.75 Å². The van der Waals surface area contributed by atoms with Crippen LogP contribution in [0.15, 0.2) is 42.5 Å². The predicted molar refractivity (Wildman–Crippen MR) is 77.0 cm³/mol. The van der Waals surface area contributed by atoms with E-state index in [-0.39, 0.29) is 11.9 Å². The number of rotatable bonds is 4. The van der Waals surface area contributed by atoms with Crippen LogP contribution < -0.4 is 10.5 Å². The van der Waals surface area contributed by atoms with Crippen LogP contribution in [0.2, 0.25) is 0 Å². The Bertz CT molecular complexity index is 580. The lowest BCUT2D eigenvalue weighted by molar-refractivity contribution is -0.137. The Morgan fingerprint density at radius 1 is 1.21 bits per heavy atom. The fourth-order valence-corrected chi connectivity index (χ4v) is 1.90. The molecule has 2 N–H and O–H groups in total. The summed E-state index contributed by atoms with van der Waals surface area (Å²) in [7, 11) is 0. The van der Waals surface area contributed by atoms with Gasteiger partial charge in [-0.15, -0.1) is 0 Å². The van der Waals surface area contributed by atoms with Gasteiger partial charge in [0.15, 0.2) is 0 Å². The molecule has 0 spiro atoms. The number of nitrogens with two attached hydrogens (primary N) is 1. The molecule has 0 aliphatic heterocycles. The number of ether oxygens (including phenoxy) is 1. The molecule has 0 aromatic heterocycles. The van der Waals surface area contributed by atoms with Gasteiger partial charge in [0.25, 0.3) is 0 Å². The molecule has 19 heavy (non-hydrogen) atoms. The molecule has 0 aliphatic rings. The van der Waals surface area contributed by atoms with Crippen molar-refractivity contribution in [2.75, 3.05) is 0 Å². The average Bonchev–Trinajstić information content (AvgIpc) is 2.45. The first kappa shape index (κ1) is 13.6. The van der Waals surface area contributed by atoms with E-state index in [2.05, 4.69) is 0 Å². The van der Waals surface area contributed by atoms with Crippen molar-refractivity contribution in [1.29, 1.82) is 0 Å². The third-order valence-electron chi connectivity index (χ3n) is 3.47. The quantitative estimate of drug-likeness (QED) is 0.676. The lowest BCUT2D eigenvalue weighted by Crippen LogP contribution is -2.39. The van der Waals surface area contributed by atoms with Crippen LogP contribution in [0, 0.1) is 5.92 Å². The second-order valence-corrected chi connectivity index (χ2v) is 4.84. The van der Waals surface area contributed by atoms with Gasteiger partial charge < -0.3 is 10.5 Å². The molecule has 100 valence electrons. The summed E-state index contributed by atoms with van der Waals surface area (Å²) in [5, 5.41) is 2.17. The first-order valence-electron chi connectivity index (χ1n) is 6.58. The van der Waals surface area contributed by atoms with E-state index >= 15 is 0 Å². The fraction of sp³-hybridized carbons (Fsp3) is 0.312. The van der Waals surface area contributed by atoms with Gasteiger partial charge in [0.05, 0.1) is 0 Å². The van der Waals surface area contributed by atoms with E-state index in [1.807, 2.05) is 50.2 Å². The smallest absolute Gasteiger partial charge is 0.328 e. The molecule has 2 unspecified atom stereocenters. The van der Waals surface area contributed by atoms with Crippen LogP contribution in [-0.2, 0) is 4.79 Å². The van der Waals surface area contributed by atoms with E-state index in [4.69, 9.17) is 10.5 Å². The highest BCUT2D eigenvalue weighted by Gasteiger charge is 2.21. The van der Waals surface area contributed by atoms with E-state index in [0.29, 0.717) is 5.75 Å². The largest absolute Gasteiger partial charge is 0.425 e. The molecule has 0 saturated heterocycles. The number of carbonyl (C=O) groups excluding carboxylic acids is 1. The zero-order valence-electron chi connectivity index (χ0n) is 11.3. The molecule has 0 aliphatic carbocycles. The molecule has 0 radical (unpaired) electrons. The van der Waals surface area contributed by atoms with Crippen molar-refractivity contribution in [3.8, 4) is 5.75 Å². The molecule has 2 atom stereocenters. The molecular formula is C16H19NO2. The lowest BCUT2D eigenvalue weighted by atomic mass is 10.0. The molecule has 2 rings (SSSR count). The Balaban J connectivity index is 2.15. The Kier molecular flexibility index (Phi) is 4.17. The number of esters is 1. The molecule has 2 aromatic rings. The van der Waals surface area contributed by atoms with Crippen molar-refractivity contribution in [2.24, 2.45) is 11.7 Å². The summed E-state index contributed by atoms with van der Waals surface area (Å²) < 4.78 is 5.34. The minimum absolute atomic E-state index is 0.118. The monoisotopic (exact) mass is 257 g/mol.